The van der Waals surface area contributed by atoms with Crippen molar-refractivity contribution in [1.29, 1.82) is 0 Å². The van der Waals surface area contributed by atoms with Crippen molar-refractivity contribution in [3.63, 3.8) is 0 Å². The van der Waals surface area contributed by atoms with Crippen molar-refractivity contribution in [2.75, 3.05) is 20.2 Å². The van der Waals surface area contributed by atoms with Crippen LogP contribution in [0.3, 0.4) is 0 Å². The highest BCUT2D eigenvalue weighted by Crippen LogP contribution is 2.38. The SMILES string of the molecule is CCCC1(C(=O)c2ccc(Cl)c(OC)c2)CCNCC1. The number of benzene rings is 1. The number of Topliss-reactive ketones (excluding diaryl/α,β-unsaturated/α-hetero) is 1. The van der Waals surface area contributed by atoms with Gasteiger partial charge in [-0.25, -0.2) is 0 Å². The molecule has 2 rings (SSSR count). The molecule has 1 heterocycles. The Morgan fingerprint density at radius 2 is 2.10 bits per heavy atom. The van der Waals surface area contributed by atoms with E-state index in [1.54, 1.807) is 19.2 Å². The number of carbonyl (C=O) groups is 1. The second-order valence-electron chi connectivity index (χ2n) is 5.46. The molecule has 1 N–H and O–H groups in total. The number of hydrogen-bond acceptors (Lipinski definition) is 3. The number of ether oxygens (including phenoxy) is 1. The second kappa shape index (κ2) is 6.59. The van der Waals surface area contributed by atoms with Crippen LogP contribution in [0, 0.1) is 5.41 Å². The molecule has 0 saturated carbocycles. The summed E-state index contributed by atoms with van der Waals surface area (Å²) in [5, 5.41) is 3.88. The van der Waals surface area contributed by atoms with E-state index in [2.05, 4.69) is 12.2 Å². The van der Waals surface area contributed by atoms with E-state index >= 15 is 0 Å². The van der Waals surface area contributed by atoms with E-state index in [1.807, 2.05) is 6.07 Å². The van der Waals surface area contributed by atoms with Crippen LogP contribution in [0.1, 0.15) is 43.0 Å². The van der Waals surface area contributed by atoms with Crippen molar-refractivity contribution in [2.45, 2.75) is 32.6 Å². The molecule has 0 aliphatic carbocycles. The largest absolute Gasteiger partial charge is 0.495 e. The van der Waals surface area contributed by atoms with E-state index in [9.17, 15) is 4.79 Å². The van der Waals surface area contributed by atoms with Crippen molar-refractivity contribution < 1.29 is 9.53 Å². The zero-order valence-electron chi connectivity index (χ0n) is 12.2. The molecule has 1 aliphatic rings. The normalized spacial score (nSPS) is 17.8. The Bertz CT molecular complexity index is 476. The lowest BCUT2D eigenvalue weighted by Gasteiger charge is -2.36. The van der Waals surface area contributed by atoms with Crippen LogP contribution in [0.5, 0.6) is 5.75 Å². The summed E-state index contributed by atoms with van der Waals surface area (Å²) in [5.74, 6) is 0.800. The number of ketones is 1. The molecular weight excluding hydrogens is 274 g/mol. The summed E-state index contributed by atoms with van der Waals surface area (Å²) in [5.41, 5.74) is 0.486. The first-order chi connectivity index (χ1) is 9.63. The van der Waals surface area contributed by atoms with Crippen LogP contribution in [-0.2, 0) is 0 Å². The lowest BCUT2D eigenvalue weighted by Crippen LogP contribution is -2.42. The van der Waals surface area contributed by atoms with Gasteiger partial charge < -0.3 is 10.1 Å². The van der Waals surface area contributed by atoms with Gasteiger partial charge >= 0.3 is 0 Å². The molecule has 4 heteroatoms. The van der Waals surface area contributed by atoms with Gasteiger partial charge in [0, 0.05) is 11.0 Å². The Hall–Kier alpha value is -1.06. The zero-order valence-corrected chi connectivity index (χ0v) is 12.9. The smallest absolute Gasteiger partial charge is 0.169 e. The average Bonchev–Trinajstić information content (AvgIpc) is 2.48. The van der Waals surface area contributed by atoms with Crippen LogP contribution < -0.4 is 10.1 Å². The van der Waals surface area contributed by atoms with Crippen LogP contribution >= 0.6 is 11.6 Å². The third-order valence-electron chi connectivity index (χ3n) is 4.18. The fraction of sp³-hybridized carbons (Fsp3) is 0.562. The summed E-state index contributed by atoms with van der Waals surface area (Å²) >= 11 is 6.04. The van der Waals surface area contributed by atoms with Gasteiger partial charge in [0.25, 0.3) is 0 Å². The van der Waals surface area contributed by atoms with Gasteiger partial charge in [-0.05, 0) is 50.6 Å². The van der Waals surface area contributed by atoms with Crippen LogP contribution in [0.25, 0.3) is 0 Å². The van der Waals surface area contributed by atoms with Gasteiger partial charge in [0.1, 0.15) is 5.75 Å². The number of hydrogen-bond donors (Lipinski definition) is 1. The lowest BCUT2D eigenvalue weighted by atomic mass is 9.70. The summed E-state index contributed by atoms with van der Waals surface area (Å²) in [6, 6.07) is 5.32. The highest BCUT2D eigenvalue weighted by Gasteiger charge is 2.39. The van der Waals surface area contributed by atoms with Crippen molar-refractivity contribution >= 4 is 17.4 Å². The lowest BCUT2D eigenvalue weighted by molar-refractivity contribution is 0.0704. The highest BCUT2D eigenvalue weighted by molar-refractivity contribution is 6.32. The van der Waals surface area contributed by atoms with Crippen LogP contribution in [0.4, 0.5) is 0 Å². The maximum absolute atomic E-state index is 13.0. The number of piperidine rings is 1. The van der Waals surface area contributed by atoms with Gasteiger partial charge in [0.2, 0.25) is 0 Å². The Morgan fingerprint density at radius 1 is 1.40 bits per heavy atom. The molecule has 110 valence electrons. The van der Waals surface area contributed by atoms with E-state index in [0.29, 0.717) is 16.3 Å². The standard InChI is InChI=1S/C16H22ClNO2/c1-3-6-16(7-9-18-10-8-16)15(19)12-4-5-13(17)14(11-12)20-2/h4-5,11,18H,3,6-10H2,1-2H3. The third kappa shape index (κ3) is 2.99. The number of carbonyl (C=O) groups excluding carboxylic acids is 1. The topological polar surface area (TPSA) is 38.3 Å². The van der Waals surface area contributed by atoms with Gasteiger partial charge in [-0.2, -0.15) is 0 Å². The van der Waals surface area contributed by atoms with Gasteiger partial charge in [0.15, 0.2) is 5.78 Å². The van der Waals surface area contributed by atoms with E-state index < -0.39 is 0 Å². The van der Waals surface area contributed by atoms with Gasteiger partial charge in [0.05, 0.1) is 12.1 Å². The molecule has 1 fully saturated rings. The molecule has 0 bridgehead atoms. The molecule has 1 aliphatic heterocycles. The first-order valence-electron chi connectivity index (χ1n) is 7.22. The van der Waals surface area contributed by atoms with Crippen molar-refractivity contribution in [3.8, 4) is 5.75 Å². The average molecular weight is 296 g/mol. The molecule has 1 aromatic rings. The summed E-state index contributed by atoms with van der Waals surface area (Å²) in [6.45, 7) is 3.96. The second-order valence-corrected chi connectivity index (χ2v) is 5.87. The van der Waals surface area contributed by atoms with E-state index in [4.69, 9.17) is 16.3 Å². The summed E-state index contributed by atoms with van der Waals surface area (Å²) in [6.07, 6.45) is 3.78. The van der Waals surface area contributed by atoms with E-state index in [0.717, 1.165) is 38.8 Å². The molecule has 0 radical (unpaired) electrons. The molecule has 0 aromatic heterocycles. The van der Waals surface area contributed by atoms with Crippen molar-refractivity contribution in [2.24, 2.45) is 5.41 Å². The van der Waals surface area contributed by atoms with Crippen LogP contribution in [0.2, 0.25) is 5.02 Å². The first-order valence-corrected chi connectivity index (χ1v) is 7.60. The van der Waals surface area contributed by atoms with Gasteiger partial charge in [-0.3, -0.25) is 4.79 Å². The molecule has 0 atom stereocenters. The molecular formula is C16H22ClNO2. The molecule has 0 spiro atoms. The molecule has 1 aromatic carbocycles. The van der Waals surface area contributed by atoms with E-state index in [1.165, 1.54) is 0 Å². The summed E-state index contributed by atoms with van der Waals surface area (Å²) in [7, 11) is 1.57. The zero-order chi connectivity index (χ0) is 14.6. The minimum Gasteiger partial charge on any atom is -0.495 e. The number of rotatable bonds is 5. The predicted octanol–water partition coefficient (Wildman–Crippen LogP) is 3.70. The van der Waals surface area contributed by atoms with E-state index in [-0.39, 0.29) is 11.2 Å². The Labute approximate surface area is 125 Å². The predicted molar refractivity (Wildman–Crippen MR) is 81.8 cm³/mol. The minimum absolute atomic E-state index is 0.223. The number of methoxy groups -OCH3 is 1. The van der Waals surface area contributed by atoms with Gasteiger partial charge in [-0.1, -0.05) is 24.9 Å². The third-order valence-corrected chi connectivity index (χ3v) is 4.50. The maximum atomic E-state index is 13.0. The Morgan fingerprint density at radius 3 is 2.70 bits per heavy atom. The molecule has 0 amide bonds. The van der Waals surface area contributed by atoms with Crippen molar-refractivity contribution in [3.05, 3.63) is 28.8 Å². The Balaban J connectivity index is 2.31. The first kappa shape index (κ1) is 15.3. The summed E-state index contributed by atoms with van der Waals surface area (Å²) < 4.78 is 5.22. The Kier molecular flexibility index (Phi) is 5.06. The van der Waals surface area contributed by atoms with Crippen LogP contribution in [-0.4, -0.2) is 26.0 Å². The molecule has 1 saturated heterocycles. The molecule has 3 nitrogen and oxygen atoms in total. The van der Waals surface area contributed by atoms with Crippen LogP contribution in [0.15, 0.2) is 18.2 Å². The highest BCUT2D eigenvalue weighted by atomic mass is 35.5. The number of nitrogens with one attached hydrogen (secondary N) is 1. The summed E-state index contributed by atoms with van der Waals surface area (Å²) in [4.78, 5) is 13.0. The quantitative estimate of drug-likeness (QED) is 0.842. The fourth-order valence-corrected chi connectivity index (χ4v) is 3.28. The van der Waals surface area contributed by atoms with Gasteiger partial charge in [-0.15, -0.1) is 0 Å². The molecule has 0 unspecified atom stereocenters. The maximum Gasteiger partial charge on any atom is 0.169 e. The minimum atomic E-state index is -0.223. The number of halogens is 1. The van der Waals surface area contributed by atoms with Crippen molar-refractivity contribution in [1.82, 2.24) is 5.32 Å². The molecule has 20 heavy (non-hydrogen) atoms. The monoisotopic (exact) mass is 295 g/mol. The fourth-order valence-electron chi connectivity index (χ4n) is 3.08.